The van der Waals surface area contributed by atoms with E-state index in [4.69, 9.17) is 0 Å². The molecule has 11 heavy (non-hydrogen) atoms. The summed E-state index contributed by atoms with van der Waals surface area (Å²) in [6, 6.07) is 2.08. The molecule has 0 saturated carbocycles. The van der Waals surface area contributed by atoms with Gasteiger partial charge in [-0.3, -0.25) is 0 Å². The minimum absolute atomic E-state index is 0.927. The number of halogens is 2. The average molecular weight is 322 g/mol. The van der Waals surface area contributed by atoms with Gasteiger partial charge in [-0.05, 0) is 56.6 Å². The van der Waals surface area contributed by atoms with Crippen LogP contribution in [-0.4, -0.2) is 4.98 Å². The van der Waals surface area contributed by atoms with Crippen LogP contribution in [0.25, 0.3) is 3.58 Å². The lowest BCUT2D eigenvalue weighted by Gasteiger charge is -1.98. The molecule has 1 nitrogen and oxygen atoms in total. The molecule has 0 saturated heterocycles. The largest absolute Gasteiger partial charge is 0.249 e. The van der Waals surface area contributed by atoms with E-state index in [1.165, 1.54) is 14.7 Å². The van der Waals surface area contributed by atoms with Crippen LogP contribution in [0.1, 0.15) is 11.1 Å². The molecule has 1 aliphatic carbocycles. The van der Waals surface area contributed by atoms with Gasteiger partial charge in [-0.15, -0.1) is 0 Å². The highest BCUT2D eigenvalue weighted by Gasteiger charge is 2.11. The maximum absolute atomic E-state index is 4.17. The van der Waals surface area contributed by atoms with E-state index >= 15 is 0 Å². The SMILES string of the molecule is Brc1cc2c(cn1)C(I)=CC2. The Bertz CT molecular complexity index is 333. The van der Waals surface area contributed by atoms with Crippen LogP contribution < -0.4 is 0 Å². The van der Waals surface area contributed by atoms with Gasteiger partial charge in [0.05, 0.1) is 0 Å². The topological polar surface area (TPSA) is 12.9 Å². The van der Waals surface area contributed by atoms with Crippen molar-refractivity contribution in [3.63, 3.8) is 0 Å². The molecule has 0 aliphatic heterocycles. The molecule has 1 aliphatic rings. The molecule has 1 heterocycles. The molecular formula is C8H5BrIN. The zero-order valence-corrected chi connectivity index (χ0v) is 9.39. The van der Waals surface area contributed by atoms with E-state index in [1.54, 1.807) is 0 Å². The van der Waals surface area contributed by atoms with Gasteiger partial charge in [0.15, 0.2) is 0 Å². The zero-order valence-electron chi connectivity index (χ0n) is 5.64. The number of fused-ring (bicyclic) bond motifs is 1. The minimum atomic E-state index is 0.927. The van der Waals surface area contributed by atoms with E-state index in [9.17, 15) is 0 Å². The number of pyridine rings is 1. The van der Waals surface area contributed by atoms with Crippen molar-refractivity contribution in [1.29, 1.82) is 0 Å². The molecule has 0 bridgehead atoms. The Kier molecular flexibility index (Phi) is 2.01. The first-order valence-corrected chi connectivity index (χ1v) is 5.15. The van der Waals surface area contributed by atoms with Gasteiger partial charge in [-0.25, -0.2) is 4.98 Å². The van der Waals surface area contributed by atoms with Gasteiger partial charge in [0.1, 0.15) is 4.60 Å². The predicted molar refractivity (Wildman–Crippen MR) is 57.6 cm³/mol. The fourth-order valence-electron chi connectivity index (χ4n) is 1.16. The second kappa shape index (κ2) is 2.86. The minimum Gasteiger partial charge on any atom is -0.249 e. The van der Waals surface area contributed by atoms with Gasteiger partial charge in [0.2, 0.25) is 0 Å². The third-order valence-corrected chi connectivity index (χ3v) is 3.17. The lowest BCUT2D eigenvalue weighted by Crippen LogP contribution is -1.84. The third-order valence-electron chi connectivity index (χ3n) is 1.71. The van der Waals surface area contributed by atoms with Gasteiger partial charge in [0.25, 0.3) is 0 Å². The molecule has 0 N–H and O–H groups in total. The van der Waals surface area contributed by atoms with Crippen molar-refractivity contribution >= 4 is 42.1 Å². The Morgan fingerprint density at radius 2 is 2.36 bits per heavy atom. The van der Waals surface area contributed by atoms with Crippen LogP contribution in [0, 0.1) is 0 Å². The van der Waals surface area contributed by atoms with Crippen molar-refractivity contribution in [2.45, 2.75) is 6.42 Å². The van der Waals surface area contributed by atoms with Crippen molar-refractivity contribution in [2.24, 2.45) is 0 Å². The van der Waals surface area contributed by atoms with Gasteiger partial charge in [-0.2, -0.15) is 0 Å². The van der Waals surface area contributed by atoms with E-state index < -0.39 is 0 Å². The fraction of sp³-hybridized carbons (Fsp3) is 0.125. The number of aromatic nitrogens is 1. The number of rotatable bonds is 0. The highest BCUT2D eigenvalue weighted by molar-refractivity contribution is 14.1. The van der Waals surface area contributed by atoms with Crippen LogP contribution in [0.3, 0.4) is 0 Å². The lowest BCUT2D eigenvalue weighted by atomic mass is 10.2. The quantitative estimate of drug-likeness (QED) is 0.528. The maximum Gasteiger partial charge on any atom is 0.106 e. The molecule has 0 unspecified atom stereocenters. The normalized spacial score (nSPS) is 14.5. The van der Waals surface area contributed by atoms with E-state index in [0.29, 0.717) is 0 Å². The summed E-state index contributed by atoms with van der Waals surface area (Å²) in [5.74, 6) is 0. The smallest absolute Gasteiger partial charge is 0.106 e. The van der Waals surface area contributed by atoms with Crippen LogP contribution in [-0.2, 0) is 6.42 Å². The van der Waals surface area contributed by atoms with Crippen LogP contribution in [0.15, 0.2) is 22.9 Å². The first-order chi connectivity index (χ1) is 5.27. The van der Waals surface area contributed by atoms with Gasteiger partial charge in [0, 0.05) is 15.3 Å². The van der Waals surface area contributed by atoms with Crippen molar-refractivity contribution < 1.29 is 0 Å². The van der Waals surface area contributed by atoms with Crippen molar-refractivity contribution in [2.75, 3.05) is 0 Å². The average Bonchev–Trinajstić information content (AvgIpc) is 2.32. The Morgan fingerprint density at radius 3 is 3.18 bits per heavy atom. The Labute approximate surface area is 87.2 Å². The van der Waals surface area contributed by atoms with Crippen LogP contribution >= 0.6 is 38.5 Å². The monoisotopic (exact) mass is 321 g/mol. The second-order valence-corrected chi connectivity index (χ2v) is 4.40. The Balaban J connectivity index is 2.58. The molecule has 2 rings (SSSR count). The molecule has 0 spiro atoms. The van der Waals surface area contributed by atoms with Crippen LogP contribution in [0.4, 0.5) is 0 Å². The van der Waals surface area contributed by atoms with E-state index in [2.05, 4.69) is 55.6 Å². The van der Waals surface area contributed by atoms with Gasteiger partial charge < -0.3 is 0 Å². The Hall–Kier alpha value is 0.100. The third kappa shape index (κ3) is 1.36. The first kappa shape index (κ1) is 7.73. The number of nitrogens with zero attached hydrogens (tertiary/aromatic N) is 1. The fourth-order valence-corrected chi connectivity index (χ4v) is 2.25. The molecule has 1 aromatic rings. The molecular weight excluding hydrogens is 317 g/mol. The summed E-state index contributed by atoms with van der Waals surface area (Å²) in [4.78, 5) is 4.17. The van der Waals surface area contributed by atoms with Gasteiger partial charge >= 0.3 is 0 Å². The van der Waals surface area contributed by atoms with Crippen molar-refractivity contribution in [3.8, 4) is 0 Å². The summed E-state index contributed by atoms with van der Waals surface area (Å²) in [6.45, 7) is 0. The van der Waals surface area contributed by atoms with Gasteiger partial charge in [-0.1, -0.05) is 6.08 Å². The van der Waals surface area contributed by atoms with E-state index in [1.807, 2.05) is 6.20 Å². The van der Waals surface area contributed by atoms with Crippen molar-refractivity contribution in [1.82, 2.24) is 4.98 Å². The molecule has 0 amide bonds. The molecule has 1 aromatic heterocycles. The number of allylic oxidation sites excluding steroid dienone is 1. The van der Waals surface area contributed by atoms with Crippen molar-refractivity contribution in [3.05, 3.63) is 34.1 Å². The standard InChI is InChI=1S/C8H5BrIN/c9-8-3-5-1-2-7(10)6(5)4-11-8/h2-4H,1H2. The highest BCUT2D eigenvalue weighted by atomic mass is 127. The van der Waals surface area contributed by atoms with Crippen LogP contribution in [0.2, 0.25) is 0 Å². The summed E-state index contributed by atoms with van der Waals surface area (Å²) in [6.07, 6.45) is 5.19. The molecule has 3 heteroatoms. The molecule has 56 valence electrons. The predicted octanol–water partition coefficient (Wildman–Crippen LogP) is 3.18. The summed E-state index contributed by atoms with van der Waals surface area (Å²) in [5.41, 5.74) is 2.66. The summed E-state index contributed by atoms with van der Waals surface area (Å²) < 4.78 is 2.24. The molecule has 0 radical (unpaired) electrons. The van der Waals surface area contributed by atoms with Crippen LogP contribution in [0.5, 0.6) is 0 Å². The lowest BCUT2D eigenvalue weighted by molar-refractivity contribution is 1.20. The maximum atomic E-state index is 4.17. The number of hydrogen-bond acceptors (Lipinski definition) is 1. The highest BCUT2D eigenvalue weighted by Crippen LogP contribution is 2.32. The number of hydrogen-bond donors (Lipinski definition) is 0. The first-order valence-electron chi connectivity index (χ1n) is 3.28. The summed E-state index contributed by atoms with van der Waals surface area (Å²) >= 11 is 5.69. The summed E-state index contributed by atoms with van der Waals surface area (Å²) in [5, 5.41) is 0. The van der Waals surface area contributed by atoms with E-state index in [-0.39, 0.29) is 0 Å². The van der Waals surface area contributed by atoms with E-state index in [0.717, 1.165) is 11.0 Å². The molecule has 0 aromatic carbocycles. The molecule has 0 fully saturated rings. The summed E-state index contributed by atoms with van der Waals surface area (Å²) in [7, 11) is 0. The molecule has 0 atom stereocenters. The second-order valence-electron chi connectivity index (χ2n) is 2.42. The Morgan fingerprint density at radius 1 is 1.55 bits per heavy atom. The zero-order chi connectivity index (χ0) is 7.84.